The van der Waals surface area contributed by atoms with Gasteiger partial charge < -0.3 is 15.0 Å². The number of ether oxygens (including phenoxy) is 1. The molecule has 0 saturated carbocycles. The predicted molar refractivity (Wildman–Crippen MR) is 91.7 cm³/mol. The topological polar surface area (TPSA) is 102 Å². The highest BCUT2D eigenvalue weighted by molar-refractivity contribution is 5.99. The first kappa shape index (κ1) is 17.9. The van der Waals surface area contributed by atoms with Crippen LogP contribution in [0.25, 0.3) is 0 Å². The van der Waals surface area contributed by atoms with Crippen LogP contribution in [0.5, 0.6) is 5.75 Å². The Labute approximate surface area is 144 Å². The quantitative estimate of drug-likeness (QED) is 0.640. The number of methoxy groups -OCH3 is 1. The van der Waals surface area contributed by atoms with Gasteiger partial charge in [0.2, 0.25) is 5.91 Å². The van der Waals surface area contributed by atoms with Crippen LogP contribution >= 0.6 is 0 Å². The van der Waals surface area contributed by atoms with Crippen molar-refractivity contribution in [3.05, 3.63) is 64.2 Å². The van der Waals surface area contributed by atoms with Gasteiger partial charge in [-0.25, -0.2) is 0 Å². The van der Waals surface area contributed by atoms with Crippen molar-refractivity contribution in [2.24, 2.45) is 0 Å². The molecule has 8 nitrogen and oxygen atoms in total. The summed E-state index contributed by atoms with van der Waals surface area (Å²) in [6, 6.07) is 12.1. The van der Waals surface area contributed by atoms with Gasteiger partial charge in [-0.1, -0.05) is 6.07 Å². The number of carbonyl (C=O) groups excluding carboxylic acids is 2. The normalized spacial score (nSPS) is 10.0. The smallest absolute Gasteiger partial charge is 0.270 e. The average molecular weight is 343 g/mol. The number of nitro groups is 1. The van der Waals surface area contributed by atoms with Gasteiger partial charge in [0.05, 0.1) is 18.6 Å². The number of anilines is 1. The summed E-state index contributed by atoms with van der Waals surface area (Å²) in [7, 11) is 3.00. The second-order valence-electron chi connectivity index (χ2n) is 5.25. The van der Waals surface area contributed by atoms with Crippen LogP contribution in [-0.4, -0.2) is 42.3 Å². The van der Waals surface area contributed by atoms with Crippen molar-refractivity contribution in [1.29, 1.82) is 0 Å². The van der Waals surface area contributed by atoms with E-state index in [9.17, 15) is 19.7 Å². The Morgan fingerprint density at radius 2 is 1.88 bits per heavy atom. The van der Waals surface area contributed by atoms with Crippen molar-refractivity contribution < 1.29 is 19.2 Å². The van der Waals surface area contributed by atoms with Gasteiger partial charge in [0.15, 0.2) is 0 Å². The fraction of sp³-hybridized carbons (Fsp3) is 0.176. The lowest BCUT2D eigenvalue weighted by Crippen LogP contribution is -2.34. The monoisotopic (exact) mass is 343 g/mol. The molecular formula is C17H17N3O5. The summed E-state index contributed by atoms with van der Waals surface area (Å²) in [5, 5.41) is 13.4. The van der Waals surface area contributed by atoms with Crippen molar-refractivity contribution in [3.63, 3.8) is 0 Å². The third kappa shape index (κ3) is 4.77. The molecule has 0 heterocycles. The third-order valence-corrected chi connectivity index (χ3v) is 3.41. The van der Waals surface area contributed by atoms with Crippen LogP contribution in [-0.2, 0) is 4.79 Å². The van der Waals surface area contributed by atoms with Gasteiger partial charge >= 0.3 is 0 Å². The zero-order valence-electron chi connectivity index (χ0n) is 13.8. The molecule has 0 fully saturated rings. The van der Waals surface area contributed by atoms with Crippen LogP contribution in [0.3, 0.4) is 0 Å². The van der Waals surface area contributed by atoms with E-state index in [1.54, 1.807) is 31.4 Å². The van der Waals surface area contributed by atoms with Crippen molar-refractivity contribution in [2.75, 3.05) is 26.0 Å². The molecule has 0 unspecified atom stereocenters. The van der Waals surface area contributed by atoms with E-state index >= 15 is 0 Å². The molecule has 0 aromatic heterocycles. The first-order valence-corrected chi connectivity index (χ1v) is 7.34. The predicted octanol–water partition coefficient (Wildman–Crippen LogP) is 2.31. The Hall–Kier alpha value is -3.42. The first-order chi connectivity index (χ1) is 11.9. The fourth-order valence-corrected chi connectivity index (χ4v) is 2.13. The SMILES string of the molecule is COc1ccc(NC(=O)CN(C)C(=O)c2cccc([N+](=O)[O-])c2)cc1. The average Bonchev–Trinajstić information content (AvgIpc) is 2.61. The zero-order valence-corrected chi connectivity index (χ0v) is 13.8. The minimum Gasteiger partial charge on any atom is -0.497 e. The molecule has 130 valence electrons. The number of non-ortho nitro benzene ring substituents is 1. The molecule has 2 amide bonds. The summed E-state index contributed by atoms with van der Waals surface area (Å²) in [5.74, 6) is -0.198. The van der Waals surface area contributed by atoms with Crippen LogP contribution in [0.15, 0.2) is 48.5 Å². The van der Waals surface area contributed by atoms with Gasteiger partial charge in [-0.15, -0.1) is 0 Å². The first-order valence-electron chi connectivity index (χ1n) is 7.34. The highest BCUT2D eigenvalue weighted by atomic mass is 16.6. The Kier molecular flexibility index (Phi) is 5.67. The number of nitrogens with zero attached hydrogens (tertiary/aromatic N) is 2. The summed E-state index contributed by atoms with van der Waals surface area (Å²) in [5.41, 5.74) is 0.540. The molecule has 1 N–H and O–H groups in total. The number of nitro benzene ring substituents is 1. The molecule has 2 aromatic carbocycles. The van der Waals surface area contributed by atoms with Crippen LogP contribution in [0.2, 0.25) is 0 Å². The van der Waals surface area contributed by atoms with E-state index in [-0.39, 0.29) is 23.7 Å². The van der Waals surface area contributed by atoms with Crippen LogP contribution in [0.4, 0.5) is 11.4 Å². The van der Waals surface area contributed by atoms with E-state index in [0.717, 1.165) is 0 Å². The zero-order chi connectivity index (χ0) is 18.4. The second kappa shape index (κ2) is 7.91. The lowest BCUT2D eigenvalue weighted by molar-refractivity contribution is -0.384. The molecule has 0 bridgehead atoms. The van der Waals surface area contributed by atoms with Crippen molar-refractivity contribution >= 4 is 23.2 Å². The van der Waals surface area contributed by atoms with E-state index in [1.165, 1.54) is 36.2 Å². The van der Waals surface area contributed by atoms with Gasteiger partial charge in [0, 0.05) is 30.4 Å². The number of likely N-dealkylation sites (N-methyl/N-ethyl adjacent to an activating group) is 1. The Morgan fingerprint density at radius 3 is 2.48 bits per heavy atom. The number of hydrogen-bond acceptors (Lipinski definition) is 5. The summed E-state index contributed by atoms with van der Waals surface area (Å²) in [4.78, 5) is 35.7. The molecule has 2 rings (SSSR count). The van der Waals surface area contributed by atoms with Gasteiger partial charge in [0.25, 0.3) is 11.6 Å². The molecule has 0 aliphatic carbocycles. The number of carbonyl (C=O) groups is 2. The Balaban J connectivity index is 1.98. The van der Waals surface area contributed by atoms with Gasteiger partial charge in [-0.05, 0) is 30.3 Å². The second-order valence-corrected chi connectivity index (χ2v) is 5.25. The maximum Gasteiger partial charge on any atom is 0.270 e. The third-order valence-electron chi connectivity index (χ3n) is 3.41. The highest BCUT2D eigenvalue weighted by Crippen LogP contribution is 2.16. The minimum absolute atomic E-state index is 0.147. The standard InChI is InChI=1S/C17H17N3O5/c1-19(17(22)12-4-3-5-14(10-12)20(23)24)11-16(21)18-13-6-8-15(25-2)9-7-13/h3-10H,11H2,1-2H3,(H,18,21). The molecule has 25 heavy (non-hydrogen) atoms. The molecule has 2 aromatic rings. The van der Waals surface area contributed by atoms with Crippen molar-refractivity contribution in [1.82, 2.24) is 4.90 Å². The van der Waals surface area contributed by atoms with Crippen molar-refractivity contribution in [3.8, 4) is 5.75 Å². The minimum atomic E-state index is -0.576. The summed E-state index contributed by atoms with van der Waals surface area (Å²) in [6.45, 7) is -0.187. The van der Waals surface area contributed by atoms with E-state index in [1.807, 2.05) is 0 Å². The molecular weight excluding hydrogens is 326 g/mol. The number of amides is 2. The van der Waals surface area contributed by atoms with Gasteiger partial charge in [-0.3, -0.25) is 19.7 Å². The number of hydrogen-bond donors (Lipinski definition) is 1. The number of nitrogens with one attached hydrogen (secondary N) is 1. The maximum absolute atomic E-state index is 12.3. The molecule has 0 atom stereocenters. The molecule has 0 radical (unpaired) electrons. The molecule has 0 saturated heterocycles. The Morgan fingerprint density at radius 1 is 1.20 bits per heavy atom. The van der Waals surface area contributed by atoms with Gasteiger partial charge in [-0.2, -0.15) is 0 Å². The van der Waals surface area contributed by atoms with Crippen molar-refractivity contribution in [2.45, 2.75) is 0 Å². The van der Waals surface area contributed by atoms with E-state index in [2.05, 4.69) is 5.32 Å². The maximum atomic E-state index is 12.3. The highest BCUT2D eigenvalue weighted by Gasteiger charge is 2.17. The molecule has 0 aliphatic rings. The van der Waals surface area contributed by atoms with E-state index in [0.29, 0.717) is 11.4 Å². The van der Waals surface area contributed by atoms with Crippen LogP contribution in [0, 0.1) is 10.1 Å². The number of benzene rings is 2. The lowest BCUT2D eigenvalue weighted by Gasteiger charge is -2.17. The lowest BCUT2D eigenvalue weighted by atomic mass is 10.2. The van der Waals surface area contributed by atoms with Crippen LogP contribution < -0.4 is 10.1 Å². The van der Waals surface area contributed by atoms with E-state index in [4.69, 9.17) is 4.74 Å². The molecule has 0 aliphatic heterocycles. The summed E-state index contributed by atoms with van der Waals surface area (Å²) in [6.07, 6.45) is 0. The van der Waals surface area contributed by atoms with E-state index < -0.39 is 10.8 Å². The largest absolute Gasteiger partial charge is 0.497 e. The Bertz CT molecular complexity index is 789. The molecule has 0 spiro atoms. The number of rotatable bonds is 6. The summed E-state index contributed by atoms with van der Waals surface area (Å²) < 4.78 is 5.03. The summed E-state index contributed by atoms with van der Waals surface area (Å²) >= 11 is 0. The molecule has 8 heteroatoms. The van der Waals surface area contributed by atoms with Gasteiger partial charge in [0.1, 0.15) is 5.75 Å². The van der Waals surface area contributed by atoms with Crippen LogP contribution in [0.1, 0.15) is 10.4 Å². The fourth-order valence-electron chi connectivity index (χ4n) is 2.13.